The molecule has 0 aliphatic heterocycles. The summed E-state index contributed by atoms with van der Waals surface area (Å²) in [5.41, 5.74) is 0.0374. The summed E-state index contributed by atoms with van der Waals surface area (Å²) >= 11 is 1.24. The standard InChI is InChI=1S/C7H15NO2S/c1-7(2,3)5-10-6(9)8-11-4/h5H2,1-4H3,(H,8,9). The van der Waals surface area contributed by atoms with Gasteiger partial charge in [0.2, 0.25) is 0 Å². The van der Waals surface area contributed by atoms with Crippen LogP contribution < -0.4 is 4.72 Å². The predicted octanol–water partition coefficient (Wildman–Crippen LogP) is 2.04. The lowest BCUT2D eigenvalue weighted by molar-refractivity contribution is 0.112. The van der Waals surface area contributed by atoms with E-state index in [1.54, 1.807) is 6.26 Å². The van der Waals surface area contributed by atoms with Crippen molar-refractivity contribution in [3.63, 3.8) is 0 Å². The Morgan fingerprint density at radius 3 is 2.45 bits per heavy atom. The van der Waals surface area contributed by atoms with E-state index in [1.807, 2.05) is 20.8 Å². The van der Waals surface area contributed by atoms with Gasteiger partial charge < -0.3 is 4.74 Å². The third-order valence-electron chi connectivity index (χ3n) is 0.822. The fourth-order valence-corrected chi connectivity index (χ4v) is 0.620. The number of carbonyl (C=O) groups excluding carboxylic acids is 1. The van der Waals surface area contributed by atoms with Crippen LogP contribution in [-0.4, -0.2) is 19.0 Å². The largest absolute Gasteiger partial charge is 0.448 e. The summed E-state index contributed by atoms with van der Waals surface area (Å²) in [5, 5.41) is 0. The highest BCUT2D eigenvalue weighted by molar-refractivity contribution is 7.97. The van der Waals surface area contributed by atoms with Crippen LogP contribution in [0, 0.1) is 5.41 Å². The van der Waals surface area contributed by atoms with Gasteiger partial charge >= 0.3 is 6.09 Å². The highest BCUT2D eigenvalue weighted by Gasteiger charge is 2.12. The highest BCUT2D eigenvalue weighted by atomic mass is 32.2. The Morgan fingerprint density at radius 2 is 2.09 bits per heavy atom. The molecule has 0 aromatic rings. The molecule has 0 fully saturated rings. The Bertz CT molecular complexity index is 131. The normalized spacial score (nSPS) is 10.9. The van der Waals surface area contributed by atoms with Crippen molar-refractivity contribution in [2.45, 2.75) is 20.8 Å². The van der Waals surface area contributed by atoms with Crippen molar-refractivity contribution in [2.24, 2.45) is 5.41 Å². The third-order valence-corrected chi connectivity index (χ3v) is 1.19. The topological polar surface area (TPSA) is 38.3 Å². The van der Waals surface area contributed by atoms with Crippen molar-refractivity contribution in [3.05, 3.63) is 0 Å². The first kappa shape index (κ1) is 10.6. The molecule has 0 atom stereocenters. The summed E-state index contributed by atoms with van der Waals surface area (Å²) in [6.45, 7) is 6.48. The Hall–Kier alpha value is -0.380. The van der Waals surface area contributed by atoms with Crippen LogP contribution in [0.15, 0.2) is 0 Å². The third kappa shape index (κ3) is 7.52. The fourth-order valence-electron chi connectivity index (χ4n) is 0.395. The Morgan fingerprint density at radius 1 is 1.55 bits per heavy atom. The maximum atomic E-state index is 10.7. The van der Waals surface area contributed by atoms with Crippen LogP contribution in [0.25, 0.3) is 0 Å². The molecule has 0 radical (unpaired) electrons. The van der Waals surface area contributed by atoms with Crippen molar-refractivity contribution in [1.29, 1.82) is 0 Å². The van der Waals surface area contributed by atoms with Gasteiger partial charge in [-0.2, -0.15) is 0 Å². The van der Waals surface area contributed by atoms with E-state index in [-0.39, 0.29) is 11.5 Å². The first-order chi connectivity index (χ1) is 4.95. The SMILES string of the molecule is CSNC(=O)OCC(C)(C)C. The van der Waals surface area contributed by atoms with E-state index in [0.29, 0.717) is 6.61 Å². The average molecular weight is 177 g/mol. The van der Waals surface area contributed by atoms with E-state index in [1.165, 1.54) is 11.9 Å². The number of ether oxygens (including phenoxy) is 1. The molecule has 0 aromatic heterocycles. The van der Waals surface area contributed by atoms with E-state index in [2.05, 4.69) is 4.72 Å². The molecule has 4 heteroatoms. The van der Waals surface area contributed by atoms with Crippen LogP contribution >= 0.6 is 11.9 Å². The zero-order chi connectivity index (χ0) is 8.91. The first-order valence-corrected chi connectivity index (χ1v) is 4.64. The molecule has 0 rings (SSSR count). The molecule has 0 unspecified atom stereocenters. The molecule has 0 aromatic carbocycles. The number of hydrogen-bond donors (Lipinski definition) is 1. The molecule has 66 valence electrons. The highest BCUT2D eigenvalue weighted by Crippen LogP contribution is 2.12. The minimum atomic E-state index is -0.368. The number of hydrogen-bond acceptors (Lipinski definition) is 3. The van der Waals surface area contributed by atoms with Gasteiger partial charge in [0.25, 0.3) is 0 Å². The van der Waals surface area contributed by atoms with Gasteiger partial charge in [0.15, 0.2) is 0 Å². The number of nitrogens with one attached hydrogen (secondary N) is 1. The van der Waals surface area contributed by atoms with E-state index in [0.717, 1.165) is 0 Å². The molecule has 3 nitrogen and oxygen atoms in total. The van der Waals surface area contributed by atoms with Crippen LogP contribution in [0.1, 0.15) is 20.8 Å². The number of amides is 1. The van der Waals surface area contributed by atoms with E-state index >= 15 is 0 Å². The molecule has 1 N–H and O–H groups in total. The average Bonchev–Trinajstić information content (AvgIpc) is 1.83. The number of carbonyl (C=O) groups is 1. The smallest absolute Gasteiger partial charge is 0.417 e. The molecule has 0 spiro atoms. The molecule has 11 heavy (non-hydrogen) atoms. The molecule has 0 aliphatic rings. The quantitative estimate of drug-likeness (QED) is 0.656. The minimum absolute atomic E-state index is 0.0374. The molecule has 0 saturated heterocycles. The lowest BCUT2D eigenvalue weighted by Gasteiger charge is -2.17. The van der Waals surface area contributed by atoms with Gasteiger partial charge in [-0.05, 0) is 5.41 Å². The lowest BCUT2D eigenvalue weighted by atomic mass is 9.99. The monoisotopic (exact) mass is 177 g/mol. The second-order valence-corrected chi connectivity index (χ2v) is 4.06. The van der Waals surface area contributed by atoms with E-state index in [9.17, 15) is 4.79 Å². The van der Waals surface area contributed by atoms with Crippen molar-refractivity contribution in [3.8, 4) is 0 Å². The van der Waals surface area contributed by atoms with Gasteiger partial charge in [0.1, 0.15) is 0 Å². The van der Waals surface area contributed by atoms with Crippen LogP contribution in [0.2, 0.25) is 0 Å². The van der Waals surface area contributed by atoms with Gasteiger partial charge in [-0.3, -0.25) is 4.72 Å². The minimum Gasteiger partial charge on any atom is -0.448 e. The van der Waals surface area contributed by atoms with Crippen molar-refractivity contribution in [1.82, 2.24) is 4.72 Å². The molecule has 0 aliphatic carbocycles. The summed E-state index contributed by atoms with van der Waals surface area (Å²) < 4.78 is 7.35. The van der Waals surface area contributed by atoms with Gasteiger partial charge in [0.05, 0.1) is 6.61 Å². The second-order valence-electron chi connectivity index (χ2n) is 3.44. The van der Waals surface area contributed by atoms with Crippen molar-refractivity contribution < 1.29 is 9.53 Å². The number of rotatable bonds is 2. The maximum absolute atomic E-state index is 10.7. The van der Waals surface area contributed by atoms with Gasteiger partial charge in [-0.15, -0.1) is 0 Å². The van der Waals surface area contributed by atoms with Crippen LogP contribution in [0.5, 0.6) is 0 Å². The van der Waals surface area contributed by atoms with Gasteiger partial charge in [0, 0.05) is 6.26 Å². The summed E-state index contributed by atoms with van der Waals surface area (Å²) in [7, 11) is 0. The van der Waals surface area contributed by atoms with Crippen molar-refractivity contribution >= 4 is 18.0 Å². The van der Waals surface area contributed by atoms with Crippen LogP contribution in [0.4, 0.5) is 4.79 Å². The molecular formula is C7H15NO2S. The van der Waals surface area contributed by atoms with Gasteiger partial charge in [-0.25, -0.2) is 4.79 Å². The molecular weight excluding hydrogens is 162 g/mol. The van der Waals surface area contributed by atoms with Crippen molar-refractivity contribution in [2.75, 3.05) is 12.9 Å². The summed E-state index contributed by atoms with van der Waals surface area (Å²) in [5.74, 6) is 0. The maximum Gasteiger partial charge on any atom is 0.417 e. The Balaban J connectivity index is 3.46. The zero-order valence-corrected chi connectivity index (χ0v) is 8.25. The predicted molar refractivity (Wildman–Crippen MR) is 47.5 cm³/mol. The van der Waals surface area contributed by atoms with E-state index in [4.69, 9.17) is 4.74 Å². The second kappa shape index (κ2) is 4.49. The summed E-state index contributed by atoms with van der Waals surface area (Å²) in [4.78, 5) is 10.7. The fraction of sp³-hybridized carbons (Fsp3) is 0.857. The van der Waals surface area contributed by atoms with Crippen LogP contribution in [-0.2, 0) is 4.74 Å². The first-order valence-electron chi connectivity index (χ1n) is 3.41. The molecule has 0 heterocycles. The lowest BCUT2D eigenvalue weighted by Crippen LogP contribution is -2.23. The molecule has 0 saturated carbocycles. The summed E-state index contributed by atoms with van der Waals surface area (Å²) in [6, 6.07) is 0. The Kier molecular flexibility index (Phi) is 4.33. The zero-order valence-electron chi connectivity index (χ0n) is 7.43. The Labute approximate surface area is 72.0 Å². The summed E-state index contributed by atoms with van der Waals surface area (Å²) in [6.07, 6.45) is 1.41. The van der Waals surface area contributed by atoms with E-state index < -0.39 is 0 Å². The van der Waals surface area contributed by atoms with Gasteiger partial charge in [-0.1, -0.05) is 32.7 Å². The molecule has 0 bridgehead atoms. The van der Waals surface area contributed by atoms with Crippen LogP contribution in [0.3, 0.4) is 0 Å². The molecule has 1 amide bonds.